The van der Waals surface area contributed by atoms with E-state index in [9.17, 15) is 9.59 Å². The van der Waals surface area contributed by atoms with Crippen molar-refractivity contribution in [2.45, 2.75) is 57.3 Å². The minimum Gasteiger partial charge on any atom is -0.486 e. The lowest BCUT2D eigenvalue weighted by Gasteiger charge is -2.44. The molecule has 8 heteroatoms. The Balaban J connectivity index is 1.09. The summed E-state index contributed by atoms with van der Waals surface area (Å²) in [6.45, 7) is 3.73. The average Bonchev–Trinajstić information content (AvgIpc) is 2.95. The van der Waals surface area contributed by atoms with Gasteiger partial charge in [0, 0.05) is 31.7 Å². The highest BCUT2D eigenvalue weighted by Gasteiger charge is 2.32. The number of piperidine rings is 2. The number of nitrogens with zero attached hydrogens (tertiary/aromatic N) is 2. The van der Waals surface area contributed by atoms with Gasteiger partial charge in [-0.15, -0.1) is 0 Å². The number of alkyl carbamates (subject to hydrolysis) is 1. The number of benzene rings is 2. The van der Waals surface area contributed by atoms with E-state index in [-0.39, 0.29) is 24.8 Å². The summed E-state index contributed by atoms with van der Waals surface area (Å²) in [6, 6.07) is 14.9. The van der Waals surface area contributed by atoms with Crippen molar-refractivity contribution in [3.63, 3.8) is 0 Å². The number of likely N-dealkylation sites (tertiary alicyclic amines) is 2. The third-order valence-electron chi connectivity index (χ3n) is 7.15. The summed E-state index contributed by atoms with van der Waals surface area (Å²) < 4.78 is 16.8. The predicted molar refractivity (Wildman–Crippen MR) is 135 cm³/mol. The lowest BCUT2D eigenvalue weighted by Crippen LogP contribution is -2.54. The molecule has 36 heavy (non-hydrogen) atoms. The second kappa shape index (κ2) is 11.6. The fourth-order valence-corrected chi connectivity index (χ4v) is 5.22. The van der Waals surface area contributed by atoms with E-state index in [1.807, 2.05) is 48.5 Å². The van der Waals surface area contributed by atoms with Crippen molar-refractivity contribution >= 4 is 12.0 Å². The van der Waals surface area contributed by atoms with Crippen LogP contribution in [0.5, 0.6) is 11.5 Å². The fraction of sp³-hybridized carbons (Fsp3) is 0.500. The maximum atomic E-state index is 13.3. The molecule has 1 N–H and O–H groups in total. The second-order valence-corrected chi connectivity index (χ2v) is 9.72. The largest absolute Gasteiger partial charge is 0.486 e. The number of carbonyl (C=O) groups excluding carboxylic acids is 2. The Morgan fingerprint density at radius 3 is 2.47 bits per heavy atom. The molecule has 2 aromatic rings. The van der Waals surface area contributed by atoms with E-state index in [4.69, 9.17) is 14.2 Å². The standard InChI is InChI=1S/C28H35N3O5/c32-27(31-17-7-4-10-26(31)30-15-5-1-6-16-30)22-13-11-21(12-14-22)18-29-28(33)35-20-23-19-34-24-8-2-3-9-25(24)36-23/h2-3,8-9,11-14,23,26H,1,4-7,10,15-20H2,(H,29,33). The van der Waals surface area contributed by atoms with Crippen molar-refractivity contribution in [1.29, 1.82) is 0 Å². The Kier molecular flexibility index (Phi) is 7.91. The van der Waals surface area contributed by atoms with Gasteiger partial charge < -0.3 is 24.4 Å². The van der Waals surface area contributed by atoms with Crippen LogP contribution in [0.3, 0.4) is 0 Å². The highest BCUT2D eigenvalue weighted by Crippen LogP contribution is 2.31. The molecule has 0 bridgehead atoms. The van der Waals surface area contributed by atoms with Crippen LogP contribution in [0.25, 0.3) is 0 Å². The van der Waals surface area contributed by atoms with E-state index >= 15 is 0 Å². The summed E-state index contributed by atoms with van der Waals surface area (Å²) in [5.74, 6) is 1.45. The van der Waals surface area contributed by atoms with Gasteiger partial charge in [-0.2, -0.15) is 0 Å². The van der Waals surface area contributed by atoms with Gasteiger partial charge in [0.05, 0.1) is 6.17 Å². The molecule has 0 saturated carbocycles. The first-order chi connectivity index (χ1) is 17.7. The Bertz CT molecular complexity index is 1040. The number of hydrogen-bond acceptors (Lipinski definition) is 6. The molecule has 2 amide bonds. The topological polar surface area (TPSA) is 80.3 Å². The maximum absolute atomic E-state index is 13.3. The van der Waals surface area contributed by atoms with E-state index < -0.39 is 6.09 Å². The molecule has 2 atom stereocenters. The van der Waals surface area contributed by atoms with Crippen LogP contribution < -0.4 is 14.8 Å². The van der Waals surface area contributed by atoms with Gasteiger partial charge in [0.25, 0.3) is 5.91 Å². The molecule has 2 fully saturated rings. The van der Waals surface area contributed by atoms with Crippen molar-refractivity contribution < 1.29 is 23.8 Å². The first-order valence-electron chi connectivity index (χ1n) is 13.1. The lowest BCUT2D eigenvalue weighted by atomic mass is 10.0. The predicted octanol–water partition coefficient (Wildman–Crippen LogP) is 4.19. The molecule has 5 rings (SSSR count). The van der Waals surface area contributed by atoms with Gasteiger partial charge >= 0.3 is 6.09 Å². The van der Waals surface area contributed by atoms with E-state index in [1.54, 1.807) is 0 Å². The van der Waals surface area contributed by atoms with Crippen LogP contribution >= 0.6 is 0 Å². The summed E-state index contributed by atoms with van der Waals surface area (Å²) in [4.78, 5) is 30.1. The van der Waals surface area contributed by atoms with Gasteiger partial charge in [-0.25, -0.2) is 4.79 Å². The molecule has 3 aliphatic heterocycles. The summed E-state index contributed by atoms with van der Waals surface area (Å²) in [5.41, 5.74) is 1.60. The Hall–Kier alpha value is -3.26. The number of para-hydroxylation sites is 2. The van der Waals surface area contributed by atoms with Crippen molar-refractivity contribution in [3.05, 3.63) is 59.7 Å². The molecule has 0 aromatic heterocycles. The molecule has 192 valence electrons. The fourth-order valence-electron chi connectivity index (χ4n) is 5.22. The highest BCUT2D eigenvalue weighted by molar-refractivity contribution is 5.94. The third-order valence-corrected chi connectivity index (χ3v) is 7.15. The van der Waals surface area contributed by atoms with E-state index in [2.05, 4.69) is 15.1 Å². The molecule has 0 spiro atoms. The molecule has 3 heterocycles. The number of amides is 2. The minimum absolute atomic E-state index is 0.0977. The minimum atomic E-state index is -0.518. The molecular weight excluding hydrogens is 458 g/mol. The van der Waals surface area contributed by atoms with Gasteiger partial charge in [-0.3, -0.25) is 9.69 Å². The molecule has 3 aliphatic rings. The lowest BCUT2D eigenvalue weighted by molar-refractivity contribution is 0.00666. The van der Waals surface area contributed by atoms with Crippen LogP contribution in [0, 0.1) is 0 Å². The van der Waals surface area contributed by atoms with Crippen molar-refractivity contribution in [2.24, 2.45) is 0 Å². The Labute approximate surface area is 212 Å². The van der Waals surface area contributed by atoms with Crippen LogP contribution in [0.4, 0.5) is 4.79 Å². The summed E-state index contributed by atoms with van der Waals surface area (Å²) in [7, 11) is 0. The highest BCUT2D eigenvalue weighted by atomic mass is 16.6. The van der Waals surface area contributed by atoms with E-state index in [0.29, 0.717) is 30.2 Å². The maximum Gasteiger partial charge on any atom is 0.407 e. The normalized spacial score (nSPS) is 22.1. The van der Waals surface area contributed by atoms with Crippen molar-refractivity contribution in [2.75, 3.05) is 32.8 Å². The third kappa shape index (κ3) is 5.93. The number of ether oxygens (including phenoxy) is 3. The van der Waals surface area contributed by atoms with Gasteiger partial charge in [0.15, 0.2) is 17.6 Å². The van der Waals surface area contributed by atoms with Crippen LogP contribution in [0.15, 0.2) is 48.5 Å². The van der Waals surface area contributed by atoms with Gasteiger partial charge in [0.2, 0.25) is 0 Å². The Morgan fingerprint density at radius 1 is 0.917 bits per heavy atom. The molecule has 2 aromatic carbocycles. The number of rotatable bonds is 6. The Morgan fingerprint density at radius 2 is 1.67 bits per heavy atom. The van der Waals surface area contributed by atoms with E-state index in [1.165, 1.54) is 25.7 Å². The van der Waals surface area contributed by atoms with Crippen molar-refractivity contribution in [3.8, 4) is 11.5 Å². The van der Waals surface area contributed by atoms with Crippen LogP contribution in [0.2, 0.25) is 0 Å². The van der Waals surface area contributed by atoms with E-state index in [0.717, 1.165) is 38.0 Å². The number of nitrogens with one attached hydrogen (secondary N) is 1. The molecule has 8 nitrogen and oxygen atoms in total. The number of carbonyl (C=O) groups is 2. The summed E-state index contributed by atoms with van der Waals surface area (Å²) in [5, 5.41) is 2.76. The summed E-state index contributed by atoms with van der Waals surface area (Å²) in [6.07, 6.45) is 6.38. The molecule has 0 aliphatic carbocycles. The van der Waals surface area contributed by atoms with Crippen LogP contribution in [0.1, 0.15) is 54.4 Å². The first kappa shape index (κ1) is 24.4. The van der Waals surface area contributed by atoms with Crippen molar-refractivity contribution in [1.82, 2.24) is 15.1 Å². The van der Waals surface area contributed by atoms with Gasteiger partial charge in [-0.05, 0) is 61.9 Å². The van der Waals surface area contributed by atoms with Crippen LogP contribution in [-0.4, -0.2) is 66.9 Å². The second-order valence-electron chi connectivity index (χ2n) is 9.72. The first-order valence-corrected chi connectivity index (χ1v) is 13.1. The molecule has 0 radical (unpaired) electrons. The number of fused-ring (bicyclic) bond motifs is 1. The van der Waals surface area contributed by atoms with Gasteiger partial charge in [0.1, 0.15) is 13.2 Å². The van der Waals surface area contributed by atoms with Crippen LogP contribution in [-0.2, 0) is 11.3 Å². The summed E-state index contributed by atoms with van der Waals surface area (Å²) >= 11 is 0. The average molecular weight is 494 g/mol. The zero-order valence-electron chi connectivity index (χ0n) is 20.7. The smallest absolute Gasteiger partial charge is 0.407 e. The zero-order valence-corrected chi connectivity index (χ0v) is 20.7. The SMILES string of the molecule is O=C(NCc1ccc(C(=O)N2CCCCC2N2CCCCC2)cc1)OCC1COc2ccccc2O1. The van der Waals surface area contributed by atoms with Gasteiger partial charge in [-0.1, -0.05) is 30.7 Å². The molecule has 2 unspecified atom stereocenters. The molecular formula is C28H35N3O5. The zero-order chi connectivity index (χ0) is 24.7. The number of hydrogen-bond donors (Lipinski definition) is 1. The molecule has 2 saturated heterocycles. The quantitative estimate of drug-likeness (QED) is 0.650. The monoisotopic (exact) mass is 493 g/mol.